The fraction of sp³-hybridized carbons (Fsp3) is 0.629. The Hall–Kier alpha value is -3.31. The molecule has 3 rings (SSSR count). The lowest BCUT2D eigenvalue weighted by Crippen LogP contribution is -2.57. The van der Waals surface area contributed by atoms with Gasteiger partial charge in [0.25, 0.3) is 0 Å². The number of carbonyl (C=O) groups excluding carboxylic acids is 4. The van der Waals surface area contributed by atoms with Gasteiger partial charge >= 0.3 is 5.97 Å². The van der Waals surface area contributed by atoms with Gasteiger partial charge in [0.05, 0.1) is 28.2 Å². The summed E-state index contributed by atoms with van der Waals surface area (Å²) in [6.45, 7) is 15.0. The van der Waals surface area contributed by atoms with Crippen molar-refractivity contribution in [3.63, 3.8) is 0 Å². The standard InChI is InChI=1S/C35H52N4O6S/c1-22(24-15-17-25(18-16-24)30-23(2)36-21-46-30)37-32(43)27-19-26(40)20-39(27)33(44)31(34(3,4)5)38-28(41)13-11-9-10-12-14-29(42)45-35(6,7)8/h15-18,21-22,26-27,31,40H,9-14,19-20H2,1-8H3,(H,37,43)(H,38,41)/t22-,26+,27-,31+/m0/s1. The van der Waals surface area contributed by atoms with E-state index < -0.39 is 29.2 Å². The van der Waals surface area contributed by atoms with Crippen molar-refractivity contribution in [2.45, 2.75) is 130 Å². The summed E-state index contributed by atoms with van der Waals surface area (Å²) in [5, 5.41) is 16.4. The molecule has 0 saturated carbocycles. The van der Waals surface area contributed by atoms with E-state index >= 15 is 0 Å². The van der Waals surface area contributed by atoms with E-state index in [-0.39, 0.29) is 49.1 Å². The third-order valence-electron chi connectivity index (χ3n) is 8.01. The van der Waals surface area contributed by atoms with Crippen molar-refractivity contribution in [1.82, 2.24) is 20.5 Å². The van der Waals surface area contributed by atoms with Gasteiger partial charge in [-0.1, -0.05) is 57.9 Å². The second-order valence-corrected chi connectivity index (χ2v) is 15.2. The molecule has 0 unspecified atom stereocenters. The molecule has 1 saturated heterocycles. The predicted molar refractivity (Wildman–Crippen MR) is 180 cm³/mol. The van der Waals surface area contributed by atoms with Crippen molar-refractivity contribution in [3.05, 3.63) is 41.0 Å². The summed E-state index contributed by atoms with van der Waals surface area (Å²) in [5.74, 6) is -1.19. The topological polar surface area (TPSA) is 138 Å². The number of esters is 1. The molecule has 4 atom stereocenters. The number of nitrogens with zero attached hydrogens (tertiary/aromatic N) is 2. The number of aliphatic hydroxyl groups is 1. The zero-order valence-corrected chi connectivity index (χ0v) is 29.5. The highest BCUT2D eigenvalue weighted by Gasteiger charge is 2.44. The minimum atomic E-state index is -0.868. The van der Waals surface area contributed by atoms with Crippen LogP contribution in [0.4, 0.5) is 0 Å². The van der Waals surface area contributed by atoms with Crippen molar-refractivity contribution in [2.24, 2.45) is 5.41 Å². The summed E-state index contributed by atoms with van der Waals surface area (Å²) < 4.78 is 5.33. The van der Waals surface area contributed by atoms with Crippen molar-refractivity contribution >= 4 is 35.0 Å². The molecule has 0 radical (unpaired) electrons. The molecule has 11 heteroatoms. The number of rotatable bonds is 13. The fourth-order valence-corrected chi connectivity index (χ4v) is 6.36. The van der Waals surface area contributed by atoms with Crippen molar-refractivity contribution in [1.29, 1.82) is 0 Å². The number of likely N-dealkylation sites (tertiary alicyclic amines) is 1. The fourth-order valence-electron chi connectivity index (χ4n) is 5.55. The zero-order valence-electron chi connectivity index (χ0n) is 28.6. The van der Waals surface area contributed by atoms with Gasteiger partial charge in [-0.3, -0.25) is 19.2 Å². The lowest BCUT2D eigenvalue weighted by molar-refractivity contribution is -0.155. The number of hydrogen-bond donors (Lipinski definition) is 3. The molecule has 1 aliphatic heterocycles. The summed E-state index contributed by atoms with van der Waals surface area (Å²) >= 11 is 1.58. The number of carbonyl (C=O) groups is 4. The number of amides is 3. The van der Waals surface area contributed by atoms with Gasteiger partial charge in [0.2, 0.25) is 17.7 Å². The molecule has 2 aromatic rings. The first-order valence-corrected chi connectivity index (χ1v) is 17.1. The Morgan fingerprint density at radius 1 is 1.00 bits per heavy atom. The molecule has 3 amide bonds. The number of unbranched alkanes of at least 4 members (excludes halogenated alkanes) is 3. The minimum absolute atomic E-state index is 0.0221. The van der Waals surface area contributed by atoms with Crippen LogP contribution in [-0.4, -0.2) is 69.0 Å². The molecule has 3 N–H and O–H groups in total. The van der Waals surface area contributed by atoms with Crippen LogP contribution in [0.3, 0.4) is 0 Å². The van der Waals surface area contributed by atoms with Gasteiger partial charge in [-0.25, -0.2) is 4.98 Å². The Morgan fingerprint density at radius 2 is 1.63 bits per heavy atom. The monoisotopic (exact) mass is 656 g/mol. The molecule has 1 fully saturated rings. The molecule has 1 aliphatic rings. The maximum Gasteiger partial charge on any atom is 0.306 e. The Morgan fingerprint density at radius 3 is 2.20 bits per heavy atom. The summed E-state index contributed by atoms with van der Waals surface area (Å²) in [6.07, 6.45) is 2.77. The molecule has 1 aromatic heterocycles. The van der Waals surface area contributed by atoms with E-state index in [1.165, 1.54) is 4.90 Å². The van der Waals surface area contributed by atoms with Gasteiger partial charge in [-0.2, -0.15) is 0 Å². The van der Waals surface area contributed by atoms with Gasteiger partial charge in [0.15, 0.2) is 0 Å². The zero-order chi connectivity index (χ0) is 34.2. The average molecular weight is 657 g/mol. The smallest absolute Gasteiger partial charge is 0.306 e. The number of nitrogens with one attached hydrogen (secondary N) is 2. The third kappa shape index (κ3) is 10.9. The summed E-state index contributed by atoms with van der Waals surface area (Å²) in [6, 6.07) is 5.92. The first-order valence-electron chi connectivity index (χ1n) is 16.3. The van der Waals surface area contributed by atoms with Gasteiger partial charge in [0.1, 0.15) is 17.7 Å². The van der Waals surface area contributed by atoms with Crippen LogP contribution < -0.4 is 10.6 Å². The van der Waals surface area contributed by atoms with Gasteiger partial charge in [-0.05, 0) is 64.0 Å². The van der Waals surface area contributed by atoms with Crippen LogP contribution >= 0.6 is 11.3 Å². The molecule has 2 heterocycles. The Kier molecular flexibility index (Phi) is 12.9. The molecule has 1 aromatic carbocycles. The molecular formula is C35H52N4O6S. The average Bonchev–Trinajstić information content (AvgIpc) is 3.57. The van der Waals surface area contributed by atoms with E-state index in [2.05, 4.69) is 15.6 Å². The van der Waals surface area contributed by atoms with Crippen LogP contribution in [0, 0.1) is 12.3 Å². The predicted octanol–water partition coefficient (Wildman–Crippen LogP) is 5.47. The van der Waals surface area contributed by atoms with Crippen molar-refractivity contribution in [3.8, 4) is 10.4 Å². The number of benzene rings is 1. The van der Waals surface area contributed by atoms with Crippen LogP contribution in [-0.2, 0) is 23.9 Å². The van der Waals surface area contributed by atoms with Crippen LogP contribution in [0.5, 0.6) is 0 Å². The summed E-state index contributed by atoms with van der Waals surface area (Å²) in [5.41, 5.74) is 3.65. The molecule has 254 valence electrons. The highest BCUT2D eigenvalue weighted by molar-refractivity contribution is 7.13. The number of ether oxygens (including phenoxy) is 1. The highest BCUT2D eigenvalue weighted by Crippen LogP contribution is 2.29. The van der Waals surface area contributed by atoms with Gasteiger partial charge in [0, 0.05) is 25.8 Å². The van der Waals surface area contributed by atoms with E-state index in [0.29, 0.717) is 19.3 Å². The molecule has 0 bridgehead atoms. The van der Waals surface area contributed by atoms with Crippen LogP contribution in [0.15, 0.2) is 29.8 Å². The lowest BCUT2D eigenvalue weighted by Gasteiger charge is -2.35. The molecule has 46 heavy (non-hydrogen) atoms. The highest BCUT2D eigenvalue weighted by atomic mass is 32.1. The molecule has 0 aliphatic carbocycles. The third-order valence-corrected chi connectivity index (χ3v) is 8.99. The lowest BCUT2D eigenvalue weighted by atomic mass is 9.85. The number of aryl methyl sites for hydroxylation is 1. The van der Waals surface area contributed by atoms with Crippen LogP contribution in [0.2, 0.25) is 0 Å². The quantitative estimate of drug-likeness (QED) is 0.192. The van der Waals surface area contributed by atoms with Crippen molar-refractivity contribution < 1.29 is 29.0 Å². The van der Waals surface area contributed by atoms with Gasteiger partial charge < -0.3 is 25.4 Å². The van der Waals surface area contributed by atoms with Crippen molar-refractivity contribution in [2.75, 3.05) is 6.54 Å². The number of aromatic nitrogens is 1. The number of hydrogen-bond acceptors (Lipinski definition) is 8. The van der Waals surface area contributed by atoms with E-state index in [4.69, 9.17) is 4.74 Å². The SMILES string of the molecule is Cc1ncsc1-c1ccc([C@H](C)NC(=O)[C@@H]2C[C@@H](O)CN2C(=O)[C@@H](NC(=O)CCCCCCC(=O)OC(C)(C)C)C(C)(C)C)cc1. The Bertz CT molecular complexity index is 1340. The number of thiazole rings is 1. The first kappa shape index (κ1) is 37.2. The first-order chi connectivity index (χ1) is 21.5. The van der Waals surface area contributed by atoms with E-state index in [1.54, 1.807) is 11.3 Å². The molecule has 0 spiro atoms. The second-order valence-electron chi connectivity index (χ2n) is 14.4. The van der Waals surface area contributed by atoms with Crippen LogP contribution in [0.1, 0.15) is 111 Å². The largest absolute Gasteiger partial charge is 0.460 e. The summed E-state index contributed by atoms with van der Waals surface area (Å²) in [4.78, 5) is 59.0. The molecule has 10 nitrogen and oxygen atoms in total. The van der Waals surface area contributed by atoms with E-state index in [9.17, 15) is 24.3 Å². The normalized spacial score (nSPS) is 18.2. The maximum absolute atomic E-state index is 13.9. The Balaban J connectivity index is 1.55. The second kappa shape index (κ2) is 16.0. The van der Waals surface area contributed by atoms with E-state index in [1.807, 2.05) is 85.2 Å². The summed E-state index contributed by atoms with van der Waals surface area (Å²) in [7, 11) is 0. The number of aliphatic hydroxyl groups excluding tert-OH is 1. The van der Waals surface area contributed by atoms with E-state index in [0.717, 1.165) is 34.5 Å². The number of β-amino-alcohol motifs (C(OH)–C–C–N with tert-alkyl or cyclic N) is 1. The minimum Gasteiger partial charge on any atom is -0.460 e. The van der Waals surface area contributed by atoms with Crippen LogP contribution in [0.25, 0.3) is 10.4 Å². The van der Waals surface area contributed by atoms with Gasteiger partial charge in [-0.15, -0.1) is 11.3 Å². The maximum atomic E-state index is 13.9. The molecular weight excluding hydrogens is 604 g/mol. The Labute approximate surface area is 277 Å².